The molecule has 0 bridgehead atoms. The van der Waals surface area contributed by atoms with Gasteiger partial charge in [-0.05, 0) is 46.4 Å². The minimum Gasteiger partial charge on any atom is -0.392 e. The van der Waals surface area contributed by atoms with Gasteiger partial charge in [0, 0.05) is 63.8 Å². The van der Waals surface area contributed by atoms with Crippen molar-refractivity contribution in [2.45, 2.75) is 76.0 Å². The molecule has 3 atom stereocenters. The van der Waals surface area contributed by atoms with Gasteiger partial charge < -0.3 is 34.3 Å². The molecule has 11 heteroatoms. The predicted octanol–water partition coefficient (Wildman–Crippen LogP) is 4.52. The van der Waals surface area contributed by atoms with Crippen LogP contribution in [0.1, 0.15) is 73.2 Å². The van der Waals surface area contributed by atoms with Gasteiger partial charge in [-0.3, -0.25) is 14.8 Å². The fourth-order valence-corrected chi connectivity index (χ4v) is 6.66. The number of nitrogens with zero attached hydrogens (tertiary/aromatic N) is 1. The van der Waals surface area contributed by atoms with E-state index in [2.05, 4.69) is 28.4 Å². The monoisotopic (exact) mass is 659 g/mol. The number of carbonyl (C=O) groups is 2. The van der Waals surface area contributed by atoms with E-state index >= 15 is 0 Å². The van der Waals surface area contributed by atoms with Crippen molar-refractivity contribution < 1.29 is 38.9 Å². The quantitative estimate of drug-likeness (QED) is 0.163. The molecule has 3 heterocycles. The minimum atomic E-state index is -0.570. The SMILES string of the molecule is O=C(CCCC(=O)NCc1cccc(-c2cccc([C@H]3O[C@@H](CN4CCC5(CC4)OCCO5)C[C@@H](c4ccc(CO)cc4)O3)c2)c1)NO. The normalized spacial score (nSPS) is 22.4. The fraction of sp³-hybridized carbons (Fsp3) is 0.459. The summed E-state index contributed by atoms with van der Waals surface area (Å²) in [6.07, 6.45) is 2.25. The molecular formula is C37H45N3O8. The standard InChI is InChI=1S/C37H45N3O8/c41-25-26-10-12-28(13-11-26)33-22-32(24-40-16-14-37(15-17-40)45-18-19-46-37)47-36(48-33)31-7-2-6-30(21-31)29-5-1-4-27(20-29)23-38-34(42)8-3-9-35(43)39-44/h1-2,4-7,10-13,20-21,32-33,36,41,44H,3,8-9,14-19,22-25H2,(H,38,42)(H,39,43)/t32-,33+,36+/m1/s1. The number of hydroxylamine groups is 1. The number of amides is 2. The fourth-order valence-electron chi connectivity index (χ4n) is 6.66. The lowest BCUT2D eigenvalue weighted by atomic mass is 9.97. The maximum atomic E-state index is 12.3. The summed E-state index contributed by atoms with van der Waals surface area (Å²) in [4.78, 5) is 25.9. The van der Waals surface area contributed by atoms with E-state index in [1.807, 2.05) is 54.6 Å². The molecule has 0 unspecified atom stereocenters. The van der Waals surface area contributed by atoms with Gasteiger partial charge in [-0.2, -0.15) is 0 Å². The first-order valence-electron chi connectivity index (χ1n) is 16.8. The van der Waals surface area contributed by atoms with Crippen molar-refractivity contribution in [1.82, 2.24) is 15.7 Å². The molecule has 1 spiro atoms. The first kappa shape index (κ1) is 34.2. The molecule has 0 aliphatic carbocycles. The van der Waals surface area contributed by atoms with E-state index in [1.165, 1.54) is 0 Å². The summed E-state index contributed by atoms with van der Waals surface area (Å²) < 4.78 is 25.2. The summed E-state index contributed by atoms with van der Waals surface area (Å²) in [5.74, 6) is -1.08. The van der Waals surface area contributed by atoms with Crippen LogP contribution >= 0.6 is 0 Å². The molecular weight excluding hydrogens is 614 g/mol. The Morgan fingerprint density at radius 1 is 0.833 bits per heavy atom. The molecule has 256 valence electrons. The average molecular weight is 660 g/mol. The summed E-state index contributed by atoms with van der Waals surface area (Å²) in [5.41, 5.74) is 7.38. The van der Waals surface area contributed by atoms with Crippen molar-refractivity contribution in [2.75, 3.05) is 32.8 Å². The molecule has 2 amide bonds. The highest BCUT2D eigenvalue weighted by Crippen LogP contribution is 2.40. The predicted molar refractivity (Wildman–Crippen MR) is 176 cm³/mol. The number of aliphatic hydroxyl groups is 1. The number of ether oxygens (including phenoxy) is 4. The van der Waals surface area contributed by atoms with E-state index in [-0.39, 0.29) is 37.6 Å². The Kier molecular flexibility index (Phi) is 11.5. The van der Waals surface area contributed by atoms with Gasteiger partial charge >= 0.3 is 0 Å². The highest BCUT2D eigenvalue weighted by molar-refractivity contribution is 5.78. The summed E-state index contributed by atoms with van der Waals surface area (Å²) in [7, 11) is 0. The number of hydrogen-bond donors (Lipinski definition) is 4. The zero-order chi connectivity index (χ0) is 33.3. The zero-order valence-electron chi connectivity index (χ0n) is 27.1. The molecule has 6 rings (SSSR count). The van der Waals surface area contributed by atoms with Gasteiger partial charge in [0.2, 0.25) is 11.8 Å². The summed E-state index contributed by atoms with van der Waals surface area (Å²) in [6.45, 7) is 4.23. The lowest BCUT2D eigenvalue weighted by Gasteiger charge is -2.41. The second-order valence-corrected chi connectivity index (χ2v) is 12.7. The molecule has 0 aromatic heterocycles. The average Bonchev–Trinajstić information content (AvgIpc) is 3.59. The van der Waals surface area contributed by atoms with Crippen molar-refractivity contribution >= 4 is 11.8 Å². The van der Waals surface area contributed by atoms with Crippen molar-refractivity contribution in [2.24, 2.45) is 0 Å². The Morgan fingerprint density at radius 2 is 1.54 bits per heavy atom. The topological polar surface area (TPSA) is 139 Å². The largest absolute Gasteiger partial charge is 0.392 e. The van der Waals surface area contributed by atoms with Crippen molar-refractivity contribution in [3.8, 4) is 11.1 Å². The molecule has 3 aliphatic rings. The number of nitrogens with one attached hydrogen (secondary N) is 2. The molecule has 0 saturated carbocycles. The van der Waals surface area contributed by atoms with Crippen molar-refractivity contribution in [3.63, 3.8) is 0 Å². The van der Waals surface area contributed by atoms with Crippen LogP contribution in [0, 0.1) is 0 Å². The van der Waals surface area contributed by atoms with Gasteiger partial charge in [-0.1, -0.05) is 60.7 Å². The second-order valence-electron chi connectivity index (χ2n) is 12.7. The molecule has 3 aliphatic heterocycles. The van der Waals surface area contributed by atoms with E-state index in [9.17, 15) is 14.7 Å². The van der Waals surface area contributed by atoms with Crippen molar-refractivity contribution in [1.29, 1.82) is 0 Å². The number of piperidine rings is 1. The van der Waals surface area contributed by atoms with Crippen LogP contribution in [0.4, 0.5) is 0 Å². The number of hydrogen-bond acceptors (Lipinski definition) is 9. The third-order valence-electron chi connectivity index (χ3n) is 9.35. The Labute approximate surface area is 281 Å². The Balaban J connectivity index is 1.14. The second kappa shape index (κ2) is 16.1. The molecule has 3 fully saturated rings. The first-order valence-corrected chi connectivity index (χ1v) is 16.8. The maximum Gasteiger partial charge on any atom is 0.243 e. The lowest BCUT2D eigenvalue weighted by Crippen LogP contribution is -2.48. The number of rotatable bonds is 12. The highest BCUT2D eigenvalue weighted by atomic mass is 16.7. The molecule has 3 aromatic carbocycles. The third kappa shape index (κ3) is 8.86. The lowest BCUT2D eigenvalue weighted by molar-refractivity contribution is -0.255. The van der Waals surface area contributed by atoms with Crippen LogP contribution < -0.4 is 10.8 Å². The smallest absolute Gasteiger partial charge is 0.243 e. The van der Waals surface area contributed by atoms with Gasteiger partial charge in [0.05, 0.1) is 32.0 Å². The number of aliphatic hydroxyl groups excluding tert-OH is 1. The van der Waals surface area contributed by atoms with Gasteiger partial charge in [0.15, 0.2) is 12.1 Å². The Morgan fingerprint density at radius 3 is 2.27 bits per heavy atom. The highest BCUT2D eigenvalue weighted by Gasteiger charge is 2.41. The molecule has 48 heavy (non-hydrogen) atoms. The molecule has 3 aromatic rings. The van der Waals surface area contributed by atoms with Crippen molar-refractivity contribution in [3.05, 3.63) is 95.1 Å². The summed E-state index contributed by atoms with van der Waals surface area (Å²) in [5, 5.41) is 21.1. The minimum absolute atomic E-state index is 0.00405. The van der Waals surface area contributed by atoms with Gasteiger partial charge in [-0.15, -0.1) is 0 Å². The molecule has 3 saturated heterocycles. The summed E-state index contributed by atoms with van der Waals surface area (Å²) >= 11 is 0. The third-order valence-corrected chi connectivity index (χ3v) is 9.35. The van der Waals surface area contributed by atoms with E-state index < -0.39 is 18.0 Å². The van der Waals surface area contributed by atoms with Crippen LogP contribution in [0.2, 0.25) is 0 Å². The molecule has 4 N–H and O–H groups in total. The summed E-state index contributed by atoms with van der Waals surface area (Å²) in [6, 6.07) is 24.1. The van der Waals surface area contributed by atoms with Gasteiger partial charge in [0.1, 0.15) is 0 Å². The maximum absolute atomic E-state index is 12.3. The van der Waals surface area contributed by atoms with Crippen LogP contribution in [0.25, 0.3) is 11.1 Å². The number of likely N-dealkylation sites (tertiary alicyclic amines) is 1. The van der Waals surface area contributed by atoms with Crippen LogP contribution in [0.3, 0.4) is 0 Å². The molecule has 11 nitrogen and oxygen atoms in total. The van der Waals surface area contributed by atoms with E-state index in [0.717, 1.165) is 65.9 Å². The number of carbonyl (C=O) groups excluding carboxylic acids is 2. The van der Waals surface area contributed by atoms with E-state index in [1.54, 1.807) is 5.48 Å². The number of benzene rings is 3. The van der Waals surface area contributed by atoms with Crippen LogP contribution in [-0.4, -0.2) is 71.8 Å². The first-order chi connectivity index (χ1) is 23.4. The zero-order valence-corrected chi connectivity index (χ0v) is 27.1. The van der Waals surface area contributed by atoms with E-state index in [4.69, 9.17) is 24.2 Å². The van der Waals surface area contributed by atoms with Gasteiger partial charge in [0.25, 0.3) is 0 Å². The Bertz CT molecular complexity index is 1520. The van der Waals surface area contributed by atoms with Gasteiger partial charge in [-0.25, -0.2) is 5.48 Å². The Hall–Kier alpha value is -3.68. The van der Waals surface area contributed by atoms with E-state index in [0.29, 0.717) is 32.6 Å². The van der Waals surface area contributed by atoms with Crippen LogP contribution in [0.5, 0.6) is 0 Å². The molecule has 0 radical (unpaired) electrons. The van der Waals surface area contributed by atoms with Crippen LogP contribution in [0.15, 0.2) is 72.8 Å². The van der Waals surface area contributed by atoms with Crippen LogP contribution in [-0.2, 0) is 41.7 Å².